The van der Waals surface area contributed by atoms with E-state index in [4.69, 9.17) is 4.74 Å². The highest BCUT2D eigenvalue weighted by Gasteiger charge is 2.08. The first kappa shape index (κ1) is 16.3. The predicted octanol–water partition coefficient (Wildman–Crippen LogP) is 2.78. The summed E-state index contributed by atoms with van der Waals surface area (Å²) in [5.74, 6) is 1.99. The van der Waals surface area contributed by atoms with E-state index in [9.17, 15) is 4.79 Å². The second-order valence-corrected chi connectivity index (χ2v) is 6.44. The Hall–Kier alpha value is -3.13. The van der Waals surface area contributed by atoms with Crippen LogP contribution in [-0.2, 0) is 5.75 Å². The number of H-pyrrole nitrogens is 1. The van der Waals surface area contributed by atoms with Gasteiger partial charge in [0.15, 0.2) is 5.82 Å². The number of nitrogens with one attached hydrogen (secondary N) is 1. The summed E-state index contributed by atoms with van der Waals surface area (Å²) in [5, 5.41) is 7.75. The molecule has 0 unspecified atom stereocenters. The van der Waals surface area contributed by atoms with Gasteiger partial charge >= 0.3 is 0 Å². The van der Waals surface area contributed by atoms with Crippen LogP contribution in [-0.4, -0.2) is 31.7 Å². The molecule has 4 aromatic rings. The minimum Gasteiger partial charge on any atom is -0.497 e. The van der Waals surface area contributed by atoms with Crippen molar-refractivity contribution in [2.45, 2.75) is 10.9 Å². The number of thioether (sulfide) groups is 1. The molecule has 0 saturated heterocycles. The Balaban J connectivity index is 1.50. The maximum Gasteiger partial charge on any atom is 0.258 e. The molecule has 0 atom stereocenters. The summed E-state index contributed by atoms with van der Waals surface area (Å²) in [6.07, 6.45) is 1.71. The van der Waals surface area contributed by atoms with Crippen molar-refractivity contribution < 1.29 is 4.74 Å². The molecule has 26 heavy (non-hydrogen) atoms. The first-order chi connectivity index (χ1) is 12.7. The van der Waals surface area contributed by atoms with Crippen LogP contribution in [0, 0.1) is 0 Å². The van der Waals surface area contributed by atoms with Gasteiger partial charge in [0.05, 0.1) is 12.8 Å². The van der Waals surface area contributed by atoms with Gasteiger partial charge in [0, 0.05) is 23.6 Å². The summed E-state index contributed by atoms with van der Waals surface area (Å²) in [4.78, 5) is 21.1. The zero-order valence-corrected chi connectivity index (χ0v) is 14.7. The molecule has 3 aromatic heterocycles. The molecule has 0 aliphatic rings. The predicted molar refractivity (Wildman–Crippen MR) is 99.4 cm³/mol. The van der Waals surface area contributed by atoms with E-state index in [1.54, 1.807) is 19.4 Å². The van der Waals surface area contributed by atoms with Crippen molar-refractivity contribution in [1.82, 2.24) is 24.6 Å². The van der Waals surface area contributed by atoms with Gasteiger partial charge in [-0.05, 0) is 36.4 Å². The maximum atomic E-state index is 12.1. The molecule has 3 heterocycles. The van der Waals surface area contributed by atoms with Gasteiger partial charge in [0.25, 0.3) is 5.56 Å². The summed E-state index contributed by atoms with van der Waals surface area (Å²) in [7, 11) is 1.63. The zero-order valence-electron chi connectivity index (χ0n) is 13.9. The van der Waals surface area contributed by atoms with Crippen molar-refractivity contribution in [3.8, 4) is 17.1 Å². The van der Waals surface area contributed by atoms with E-state index < -0.39 is 0 Å². The third-order valence-corrected chi connectivity index (χ3v) is 4.68. The average Bonchev–Trinajstić information content (AvgIpc) is 3.15. The lowest BCUT2D eigenvalue weighted by Crippen LogP contribution is -2.14. The van der Waals surface area contributed by atoms with Crippen molar-refractivity contribution >= 4 is 17.4 Å². The van der Waals surface area contributed by atoms with Crippen molar-refractivity contribution in [2.75, 3.05) is 7.11 Å². The van der Waals surface area contributed by atoms with Gasteiger partial charge in [-0.2, -0.15) is 0 Å². The Morgan fingerprint density at radius 2 is 2.00 bits per heavy atom. The third-order valence-electron chi connectivity index (χ3n) is 3.80. The van der Waals surface area contributed by atoms with Gasteiger partial charge in [0.1, 0.15) is 11.4 Å². The molecule has 1 aromatic carbocycles. The maximum absolute atomic E-state index is 12.1. The standard InChI is InChI=1S/C18H15N5O2S/c1-25-14-7-5-12(6-8-14)17-20-18(22-21-17)26-11-13-10-16(24)23-9-3-2-4-15(23)19-13/h2-10H,11H2,1H3,(H,20,21,22). The van der Waals surface area contributed by atoms with Crippen LogP contribution in [0.2, 0.25) is 0 Å². The van der Waals surface area contributed by atoms with E-state index in [1.165, 1.54) is 22.2 Å². The molecular weight excluding hydrogens is 350 g/mol. The van der Waals surface area contributed by atoms with E-state index in [0.29, 0.717) is 28.1 Å². The largest absolute Gasteiger partial charge is 0.497 e. The summed E-state index contributed by atoms with van der Waals surface area (Å²) >= 11 is 1.43. The fourth-order valence-electron chi connectivity index (χ4n) is 2.50. The molecule has 0 saturated carbocycles. The smallest absolute Gasteiger partial charge is 0.258 e. The molecule has 4 rings (SSSR count). The zero-order chi connectivity index (χ0) is 17.9. The van der Waals surface area contributed by atoms with Crippen molar-refractivity contribution in [3.63, 3.8) is 0 Å². The van der Waals surface area contributed by atoms with E-state index in [0.717, 1.165) is 11.3 Å². The molecule has 0 amide bonds. The second-order valence-electron chi connectivity index (χ2n) is 5.50. The normalized spacial score (nSPS) is 11.0. The number of ether oxygens (including phenoxy) is 1. The van der Waals surface area contributed by atoms with Crippen LogP contribution >= 0.6 is 11.8 Å². The summed E-state index contributed by atoms with van der Waals surface area (Å²) in [6, 6.07) is 14.6. The first-order valence-corrected chi connectivity index (χ1v) is 8.88. The number of fused-ring (bicyclic) bond motifs is 1. The van der Waals surface area contributed by atoms with Crippen LogP contribution < -0.4 is 10.3 Å². The highest BCUT2D eigenvalue weighted by molar-refractivity contribution is 7.98. The molecule has 8 heteroatoms. The van der Waals surface area contributed by atoms with E-state index >= 15 is 0 Å². The molecule has 0 aliphatic heterocycles. The number of nitrogens with zero attached hydrogens (tertiary/aromatic N) is 4. The molecule has 0 radical (unpaired) electrons. The Labute approximate surface area is 153 Å². The van der Waals surface area contributed by atoms with Gasteiger partial charge in [-0.1, -0.05) is 17.8 Å². The Bertz CT molecular complexity index is 1100. The van der Waals surface area contributed by atoms with Gasteiger partial charge in [-0.25, -0.2) is 9.97 Å². The summed E-state index contributed by atoms with van der Waals surface area (Å²) in [6.45, 7) is 0. The fourth-order valence-corrected chi connectivity index (χ4v) is 3.20. The molecule has 0 fully saturated rings. The van der Waals surface area contributed by atoms with E-state index in [2.05, 4.69) is 20.2 Å². The lowest BCUT2D eigenvalue weighted by atomic mass is 10.2. The van der Waals surface area contributed by atoms with Gasteiger partial charge in [0.2, 0.25) is 5.16 Å². The monoisotopic (exact) mass is 365 g/mol. The van der Waals surface area contributed by atoms with Gasteiger partial charge < -0.3 is 4.74 Å². The number of hydrogen-bond acceptors (Lipinski definition) is 6. The average molecular weight is 365 g/mol. The van der Waals surface area contributed by atoms with Crippen LogP contribution in [0.25, 0.3) is 17.0 Å². The minimum atomic E-state index is -0.0971. The minimum absolute atomic E-state index is 0.0971. The van der Waals surface area contributed by atoms with E-state index in [-0.39, 0.29) is 5.56 Å². The summed E-state index contributed by atoms with van der Waals surface area (Å²) in [5.41, 5.74) is 2.15. The molecule has 0 aliphatic carbocycles. The second kappa shape index (κ2) is 7.01. The highest BCUT2D eigenvalue weighted by atomic mass is 32.2. The van der Waals surface area contributed by atoms with Crippen LogP contribution in [0.5, 0.6) is 5.75 Å². The van der Waals surface area contributed by atoms with Crippen LogP contribution in [0.3, 0.4) is 0 Å². The SMILES string of the molecule is COc1ccc(-c2nc(SCc3cc(=O)n4ccccc4n3)n[nH]2)cc1. The molecule has 0 bridgehead atoms. The number of methoxy groups -OCH3 is 1. The molecular formula is C18H15N5O2S. The van der Waals surface area contributed by atoms with Crippen LogP contribution in [0.4, 0.5) is 0 Å². The Kier molecular flexibility index (Phi) is 4.40. The quantitative estimate of drug-likeness (QED) is 0.548. The van der Waals surface area contributed by atoms with Crippen molar-refractivity contribution in [3.05, 3.63) is 70.8 Å². The van der Waals surface area contributed by atoms with Gasteiger partial charge in [-0.15, -0.1) is 5.10 Å². The molecule has 7 nitrogen and oxygen atoms in total. The van der Waals surface area contributed by atoms with Gasteiger partial charge in [-0.3, -0.25) is 14.3 Å². The Morgan fingerprint density at radius 1 is 1.15 bits per heavy atom. The van der Waals surface area contributed by atoms with Crippen molar-refractivity contribution in [1.29, 1.82) is 0 Å². The molecule has 130 valence electrons. The number of hydrogen-bond donors (Lipinski definition) is 1. The van der Waals surface area contributed by atoms with Crippen LogP contribution in [0.1, 0.15) is 5.69 Å². The molecule has 1 N–H and O–H groups in total. The highest BCUT2D eigenvalue weighted by Crippen LogP contribution is 2.23. The first-order valence-electron chi connectivity index (χ1n) is 7.90. The molecule has 0 spiro atoms. The fraction of sp³-hybridized carbons (Fsp3) is 0.111. The van der Waals surface area contributed by atoms with Crippen molar-refractivity contribution in [2.24, 2.45) is 0 Å². The number of aromatic amines is 1. The number of rotatable bonds is 5. The Morgan fingerprint density at radius 3 is 2.81 bits per heavy atom. The summed E-state index contributed by atoms with van der Waals surface area (Å²) < 4.78 is 6.67. The lowest BCUT2D eigenvalue weighted by Gasteiger charge is -2.02. The third kappa shape index (κ3) is 3.31. The lowest BCUT2D eigenvalue weighted by molar-refractivity contribution is 0.415. The number of benzene rings is 1. The number of aromatic nitrogens is 5. The van der Waals surface area contributed by atoms with Crippen LogP contribution in [0.15, 0.2) is 64.7 Å². The van der Waals surface area contributed by atoms with E-state index in [1.807, 2.05) is 36.4 Å². The number of pyridine rings is 1. The topological polar surface area (TPSA) is 85.2 Å².